The maximum absolute atomic E-state index is 3.92. The summed E-state index contributed by atoms with van der Waals surface area (Å²) in [4.78, 5) is 2.65. The molecule has 4 unspecified atom stereocenters. The quantitative estimate of drug-likeness (QED) is 0.841. The van der Waals surface area contributed by atoms with Crippen molar-refractivity contribution in [1.82, 2.24) is 10.2 Å². The average molecular weight is 264 g/mol. The predicted molar refractivity (Wildman–Crippen MR) is 81.3 cm³/mol. The molecule has 2 heterocycles. The molecule has 3 rings (SSSR count). The molecule has 0 radical (unpaired) electrons. The maximum atomic E-state index is 3.92. The number of hydrogen-bond acceptors (Lipinski definition) is 2. The second kappa shape index (κ2) is 5.73. The molecule has 4 atom stereocenters. The van der Waals surface area contributed by atoms with Crippen LogP contribution in [-0.4, -0.2) is 36.6 Å². The Bertz CT molecular complexity index is 280. The zero-order valence-electron chi connectivity index (χ0n) is 13.1. The first-order chi connectivity index (χ1) is 9.11. The monoisotopic (exact) mass is 264 g/mol. The highest BCUT2D eigenvalue weighted by atomic mass is 15.2. The van der Waals surface area contributed by atoms with Crippen LogP contribution in [-0.2, 0) is 0 Å². The lowest BCUT2D eigenvalue weighted by atomic mass is 9.80. The normalized spacial score (nSPS) is 47.5. The van der Waals surface area contributed by atoms with Gasteiger partial charge in [-0.3, -0.25) is 0 Å². The zero-order valence-corrected chi connectivity index (χ0v) is 13.1. The van der Waals surface area contributed by atoms with E-state index in [4.69, 9.17) is 0 Å². The van der Waals surface area contributed by atoms with E-state index >= 15 is 0 Å². The first kappa shape index (κ1) is 13.9. The second-order valence-corrected chi connectivity index (χ2v) is 7.91. The summed E-state index contributed by atoms with van der Waals surface area (Å²) >= 11 is 0. The molecule has 0 aromatic carbocycles. The summed E-state index contributed by atoms with van der Waals surface area (Å²) in [6.07, 6.45) is 10.0. The molecule has 110 valence electrons. The number of nitrogens with zero attached hydrogens (tertiary/aromatic N) is 1. The molecule has 2 saturated heterocycles. The Morgan fingerprint density at radius 1 is 0.895 bits per heavy atom. The summed E-state index contributed by atoms with van der Waals surface area (Å²) in [5.41, 5.74) is 0. The van der Waals surface area contributed by atoms with Crippen molar-refractivity contribution in [2.45, 2.75) is 76.9 Å². The van der Waals surface area contributed by atoms with Crippen molar-refractivity contribution in [2.24, 2.45) is 17.8 Å². The molecule has 1 saturated carbocycles. The standard InChI is InChI=1S/C17H32N2/c1-12-6-13(2)8-15(7-12)18-11-14-9-16-4-5-17(10-14)19(16)3/h12-18H,4-11H2,1-3H3. The summed E-state index contributed by atoms with van der Waals surface area (Å²) in [6.45, 7) is 6.14. The van der Waals surface area contributed by atoms with Gasteiger partial charge in [0.2, 0.25) is 0 Å². The van der Waals surface area contributed by atoms with Gasteiger partial charge in [0, 0.05) is 18.1 Å². The van der Waals surface area contributed by atoms with Crippen molar-refractivity contribution in [3.63, 3.8) is 0 Å². The van der Waals surface area contributed by atoms with Gasteiger partial charge >= 0.3 is 0 Å². The Kier molecular flexibility index (Phi) is 4.19. The van der Waals surface area contributed by atoms with Gasteiger partial charge in [0.15, 0.2) is 0 Å². The molecule has 0 aromatic heterocycles. The summed E-state index contributed by atoms with van der Waals surface area (Å²) in [7, 11) is 2.34. The highest BCUT2D eigenvalue weighted by molar-refractivity contribution is 4.94. The summed E-state index contributed by atoms with van der Waals surface area (Å²) in [5.74, 6) is 2.80. The van der Waals surface area contributed by atoms with Crippen molar-refractivity contribution >= 4 is 0 Å². The largest absolute Gasteiger partial charge is 0.314 e. The Labute approximate surface area is 119 Å². The lowest BCUT2D eigenvalue weighted by Gasteiger charge is -2.38. The predicted octanol–water partition coefficient (Wildman–Crippen LogP) is 3.27. The highest BCUT2D eigenvalue weighted by Gasteiger charge is 2.38. The van der Waals surface area contributed by atoms with E-state index in [1.807, 2.05) is 0 Å². The molecule has 2 bridgehead atoms. The van der Waals surface area contributed by atoms with E-state index in [9.17, 15) is 0 Å². The molecule has 1 N–H and O–H groups in total. The van der Waals surface area contributed by atoms with Gasteiger partial charge in [0.05, 0.1) is 0 Å². The molecule has 2 nitrogen and oxygen atoms in total. The van der Waals surface area contributed by atoms with Gasteiger partial charge in [-0.2, -0.15) is 0 Å². The minimum atomic E-state index is 0.802. The summed E-state index contributed by atoms with van der Waals surface area (Å²) in [6, 6.07) is 2.60. The van der Waals surface area contributed by atoms with Crippen LogP contribution in [0.4, 0.5) is 0 Å². The van der Waals surface area contributed by atoms with Crippen LogP contribution in [0.3, 0.4) is 0 Å². The van der Waals surface area contributed by atoms with Gasteiger partial charge in [-0.15, -0.1) is 0 Å². The van der Waals surface area contributed by atoms with E-state index in [2.05, 4.69) is 31.1 Å². The van der Waals surface area contributed by atoms with Crippen LogP contribution in [0.2, 0.25) is 0 Å². The third-order valence-corrected chi connectivity index (χ3v) is 6.07. The first-order valence-corrected chi connectivity index (χ1v) is 8.57. The molecule has 2 aliphatic heterocycles. The molecule has 1 aliphatic carbocycles. The maximum Gasteiger partial charge on any atom is 0.00988 e. The van der Waals surface area contributed by atoms with E-state index in [-0.39, 0.29) is 0 Å². The number of fused-ring (bicyclic) bond motifs is 2. The van der Waals surface area contributed by atoms with Crippen LogP contribution in [0.1, 0.15) is 58.8 Å². The number of rotatable bonds is 3. The van der Waals surface area contributed by atoms with Crippen molar-refractivity contribution in [1.29, 1.82) is 0 Å². The van der Waals surface area contributed by atoms with Crippen molar-refractivity contribution in [3.8, 4) is 0 Å². The van der Waals surface area contributed by atoms with E-state index in [0.717, 1.165) is 35.9 Å². The molecule has 3 aliphatic rings. The Morgan fingerprint density at radius 2 is 1.47 bits per heavy atom. The second-order valence-electron chi connectivity index (χ2n) is 7.91. The van der Waals surface area contributed by atoms with Crippen molar-refractivity contribution < 1.29 is 0 Å². The first-order valence-electron chi connectivity index (χ1n) is 8.57. The smallest absolute Gasteiger partial charge is 0.00988 e. The van der Waals surface area contributed by atoms with Crippen LogP contribution in [0.5, 0.6) is 0 Å². The highest BCUT2D eigenvalue weighted by Crippen LogP contribution is 2.37. The molecule has 19 heavy (non-hydrogen) atoms. The number of hydrogen-bond donors (Lipinski definition) is 1. The van der Waals surface area contributed by atoms with E-state index < -0.39 is 0 Å². The third kappa shape index (κ3) is 3.16. The van der Waals surface area contributed by atoms with E-state index in [0.29, 0.717) is 0 Å². The Balaban J connectivity index is 1.45. The fraction of sp³-hybridized carbons (Fsp3) is 1.00. The summed E-state index contributed by atoms with van der Waals surface area (Å²) < 4.78 is 0. The third-order valence-electron chi connectivity index (χ3n) is 6.07. The van der Waals surface area contributed by atoms with Crippen molar-refractivity contribution in [2.75, 3.05) is 13.6 Å². The van der Waals surface area contributed by atoms with Crippen molar-refractivity contribution in [3.05, 3.63) is 0 Å². The van der Waals surface area contributed by atoms with E-state index in [1.165, 1.54) is 51.5 Å². The molecule has 0 amide bonds. The Hall–Kier alpha value is -0.0800. The minimum Gasteiger partial charge on any atom is -0.314 e. The molecular formula is C17H32N2. The van der Waals surface area contributed by atoms with Crippen LogP contribution in [0, 0.1) is 17.8 Å². The number of piperidine rings is 1. The lowest BCUT2D eigenvalue weighted by Crippen LogP contribution is -2.45. The van der Waals surface area contributed by atoms with Crippen LogP contribution >= 0.6 is 0 Å². The number of nitrogens with one attached hydrogen (secondary N) is 1. The minimum absolute atomic E-state index is 0.802. The SMILES string of the molecule is CC1CC(C)CC(NCC2CC3CCC(C2)N3C)C1. The van der Waals surface area contributed by atoms with Gasteiger partial charge in [0.25, 0.3) is 0 Å². The van der Waals surface area contributed by atoms with Gasteiger partial charge in [-0.1, -0.05) is 13.8 Å². The lowest BCUT2D eigenvalue weighted by molar-refractivity contribution is 0.127. The molecular weight excluding hydrogens is 232 g/mol. The fourth-order valence-corrected chi connectivity index (χ4v) is 5.14. The molecule has 3 fully saturated rings. The zero-order chi connectivity index (χ0) is 13.4. The van der Waals surface area contributed by atoms with Crippen LogP contribution in [0.25, 0.3) is 0 Å². The van der Waals surface area contributed by atoms with Crippen LogP contribution < -0.4 is 5.32 Å². The van der Waals surface area contributed by atoms with Gasteiger partial charge in [-0.05, 0) is 76.3 Å². The topological polar surface area (TPSA) is 15.3 Å². The van der Waals surface area contributed by atoms with Gasteiger partial charge in [0.1, 0.15) is 0 Å². The van der Waals surface area contributed by atoms with Gasteiger partial charge in [-0.25, -0.2) is 0 Å². The average Bonchev–Trinajstić information content (AvgIpc) is 2.60. The van der Waals surface area contributed by atoms with Crippen LogP contribution in [0.15, 0.2) is 0 Å². The fourth-order valence-electron chi connectivity index (χ4n) is 5.14. The molecule has 0 aromatic rings. The van der Waals surface area contributed by atoms with E-state index in [1.54, 1.807) is 0 Å². The Morgan fingerprint density at radius 3 is 2.05 bits per heavy atom. The summed E-state index contributed by atoms with van der Waals surface area (Å²) in [5, 5.41) is 3.92. The molecule has 0 spiro atoms. The molecule has 2 heteroatoms. The van der Waals surface area contributed by atoms with Gasteiger partial charge < -0.3 is 10.2 Å².